The summed E-state index contributed by atoms with van der Waals surface area (Å²) in [6.45, 7) is 6.07. The van der Waals surface area contributed by atoms with Gasteiger partial charge >= 0.3 is 10.4 Å². The van der Waals surface area contributed by atoms with Crippen LogP contribution in [0.4, 0.5) is 0 Å². The van der Waals surface area contributed by atoms with Gasteiger partial charge in [-0.05, 0) is 61.1 Å². The van der Waals surface area contributed by atoms with Crippen LogP contribution in [0, 0.1) is 11.8 Å². The minimum atomic E-state index is -4.67. The number of methoxy groups -OCH3 is 1. The van der Waals surface area contributed by atoms with E-state index in [9.17, 15) is 5.11 Å². The molecule has 3 saturated heterocycles. The molecule has 3 fully saturated rings. The van der Waals surface area contributed by atoms with E-state index >= 15 is 0 Å². The van der Waals surface area contributed by atoms with Crippen LogP contribution in [-0.2, 0) is 10.4 Å². The molecule has 4 heterocycles. The van der Waals surface area contributed by atoms with E-state index < -0.39 is 16.5 Å². The standard InChI is InChI=1S/C20H24N2O2.H2O4S.H2O/c1-3-13-12-22-9-7-14(13)10-19(22)20(23)16-6-8-21-18-5-4-15(24-2)11-17(16)18;1-5(2,3)4;/h3-6,8,11,13-14,19-20,23H,1,7,9-10,12H2,2H3;(H2,1,2,3,4);1H2/t13-,14?,19-,20+;;/m1../s1. The molecule has 0 radical (unpaired) electrons. The molecule has 2 unspecified atom stereocenters. The molecule has 10 heteroatoms. The van der Waals surface area contributed by atoms with Gasteiger partial charge in [0.1, 0.15) is 5.75 Å². The van der Waals surface area contributed by atoms with E-state index in [1.165, 1.54) is 6.42 Å². The van der Waals surface area contributed by atoms with Crippen molar-refractivity contribution in [2.24, 2.45) is 11.8 Å². The van der Waals surface area contributed by atoms with Crippen LogP contribution in [0.5, 0.6) is 5.75 Å². The third-order valence-corrected chi connectivity index (χ3v) is 5.82. The largest absolute Gasteiger partial charge is 0.497 e. The predicted octanol–water partition coefficient (Wildman–Crippen LogP) is 1.70. The maximum absolute atomic E-state index is 11.2. The van der Waals surface area contributed by atoms with Crippen molar-refractivity contribution in [1.29, 1.82) is 0 Å². The summed E-state index contributed by atoms with van der Waals surface area (Å²) in [6.07, 6.45) is 5.62. The quantitative estimate of drug-likeness (QED) is 0.480. The lowest BCUT2D eigenvalue weighted by Gasteiger charge is -2.50. The monoisotopic (exact) mass is 440 g/mol. The van der Waals surface area contributed by atoms with E-state index in [0.29, 0.717) is 11.8 Å². The van der Waals surface area contributed by atoms with E-state index in [-0.39, 0.29) is 11.5 Å². The zero-order valence-electron chi connectivity index (χ0n) is 16.7. The number of rotatable bonds is 4. The average molecular weight is 441 g/mol. The Morgan fingerprint density at radius 2 is 2.03 bits per heavy atom. The number of aromatic nitrogens is 1. The maximum atomic E-state index is 11.2. The molecular weight excluding hydrogens is 412 g/mol. The number of hydrogen-bond donors (Lipinski definition) is 3. The molecule has 30 heavy (non-hydrogen) atoms. The molecule has 3 aliphatic heterocycles. The molecule has 0 amide bonds. The van der Waals surface area contributed by atoms with Crippen molar-refractivity contribution in [3.05, 3.63) is 48.7 Å². The Bertz CT molecular complexity index is 974. The number of nitrogens with zero attached hydrogens (tertiary/aromatic N) is 2. The van der Waals surface area contributed by atoms with Gasteiger partial charge in [0.2, 0.25) is 0 Å². The van der Waals surface area contributed by atoms with Gasteiger partial charge in [-0.1, -0.05) is 6.08 Å². The lowest BCUT2D eigenvalue weighted by molar-refractivity contribution is -0.0444. The second-order valence-corrected chi connectivity index (χ2v) is 8.32. The molecule has 0 aliphatic carbocycles. The fourth-order valence-electron chi connectivity index (χ4n) is 4.44. The lowest BCUT2D eigenvalue weighted by atomic mass is 9.73. The molecule has 9 nitrogen and oxygen atoms in total. The molecule has 3 aliphatic rings. The Labute approximate surface area is 175 Å². The summed E-state index contributed by atoms with van der Waals surface area (Å²) in [6, 6.07) is 7.96. The molecule has 1 aromatic heterocycles. The van der Waals surface area contributed by atoms with E-state index in [4.69, 9.17) is 22.3 Å². The third-order valence-electron chi connectivity index (χ3n) is 5.82. The van der Waals surface area contributed by atoms with Gasteiger partial charge in [0.15, 0.2) is 0 Å². The molecule has 0 spiro atoms. The fraction of sp³-hybridized carbons (Fsp3) is 0.450. The molecule has 1 aromatic carbocycles. The highest BCUT2D eigenvalue weighted by Gasteiger charge is 2.42. The summed E-state index contributed by atoms with van der Waals surface area (Å²) in [7, 11) is -3.01. The normalized spacial score (nSPS) is 26.1. The number of hydrogen-bond acceptors (Lipinski definition) is 6. The fourth-order valence-corrected chi connectivity index (χ4v) is 4.44. The summed E-state index contributed by atoms with van der Waals surface area (Å²) in [5.74, 6) is 2.01. The smallest absolute Gasteiger partial charge is 0.394 e. The zero-order chi connectivity index (χ0) is 21.2. The molecule has 5 rings (SSSR count). The molecule has 5 N–H and O–H groups in total. The van der Waals surface area contributed by atoms with E-state index in [1.54, 1.807) is 13.3 Å². The molecule has 5 atom stereocenters. The highest BCUT2D eigenvalue weighted by atomic mass is 32.3. The first-order chi connectivity index (χ1) is 13.7. The van der Waals surface area contributed by atoms with Crippen molar-refractivity contribution in [2.45, 2.75) is 25.0 Å². The Morgan fingerprint density at radius 3 is 2.60 bits per heavy atom. The zero-order valence-corrected chi connectivity index (χ0v) is 17.5. The van der Waals surface area contributed by atoms with Crippen molar-refractivity contribution < 1.29 is 32.8 Å². The first-order valence-electron chi connectivity index (χ1n) is 9.38. The minimum absolute atomic E-state index is 0. The number of ether oxygens (including phenoxy) is 1. The topological polar surface area (TPSA) is 152 Å². The minimum Gasteiger partial charge on any atom is -0.497 e. The molecule has 0 saturated carbocycles. The SMILES string of the molecule is C=C[C@@H]1CN2CCC1C[C@@H]2[C@@H](O)c1ccnc2ccc(OC)cc12.O.O=S(=O)(O)O. The van der Waals surface area contributed by atoms with Gasteiger partial charge in [-0.15, -0.1) is 6.58 Å². The second-order valence-electron chi connectivity index (χ2n) is 7.42. The Morgan fingerprint density at radius 1 is 1.33 bits per heavy atom. The lowest BCUT2D eigenvalue weighted by Crippen LogP contribution is -2.54. The summed E-state index contributed by atoms with van der Waals surface area (Å²) in [5, 5.41) is 12.1. The van der Waals surface area contributed by atoms with Gasteiger partial charge in [-0.25, -0.2) is 0 Å². The van der Waals surface area contributed by atoms with Gasteiger partial charge < -0.3 is 15.3 Å². The first kappa shape index (κ1) is 24.2. The van der Waals surface area contributed by atoms with Gasteiger partial charge in [-0.3, -0.25) is 19.0 Å². The van der Waals surface area contributed by atoms with Crippen LogP contribution in [0.15, 0.2) is 43.1 Å². The Balaban J connectivity index is 0.000000482. The molecule has 2 aromatic rings. The summed E-state index contributed by atoms with van der Waals surface area (Å²) in [5.41, 5.74) is 1.85. The van der Waals surface area contributed by atoms with Gasteiger partial charge in [0.25, 0.3) is 0 Å². The first-order valence-corrected chi connectivity index (χ1v) is 10.8. The maximum Gasteiger partial charge on any atom is 0.394 e. The Hall–Kier alpha value is -2.08. The summed E-state index contributed by atoms with van der Waals surface area (Å²) < 4.78 is 36.9. The van der Waals surface area contributed by atoms with Gasteiger partial charge in [0, 0.05) is 24.2 Å². The van der Waals surface area contributed by atoms with E-state index in [2.05, 4.69) is 22.5 Å². The van der Waals surface area contributed by atoms with Crippen LogP contribution in [0.3, 0.4) is 0 Å². The highest BCUT2D eigenvalue weighted by Crippen LogP contribution is 2.42. The molecular formula is C20H28N2O7S. The van der Waals surface area contributed by atoms with Crippen molar-refractivity contribution in [2.75, 3.05) is 20.2 Å². The number of aliphatic hydroxyl groups excluding tert-OH is 1. The predicted molar refractivity (Wildman–Crippen MR) is 113 cm³/mol. The summed E-state index contributed by atoms with van der Waals surface area (Å²) in [4.78, 5) is 6.86. The van der Waals surface area contributed by atoms with Crippen LogP contribution in [-0.4, -0.2) is 64.2 Å². The van der Waals surface area contributed by atoms with Gasteiger partial charge in [0.05, 0.1) is 18.7 Å². The van der Waals surface area contributed by atoms with Crippen molar-refractivity contribution >= 4 is 21.3 Å². The van der Waals surface area contributed by atoms with Crippen LogP contribution >= 0.6 is 0 Å². The molecule has 166 valence electrons. The van der Waals surface area contributed by atoms with Crippen molar-refractivity contribution in [3.63, 3.8) is 0 Å². The number of piperidine rings is 3. The van der Waals surface area contributed by atoms with E-state index in [0.717, 1.165) is 41.7 Å². The number of fused-ring (bicyclic) bond motifs is 4. The van der Waals surface area contributed by atoms with Crippen molar-refractivity contribution in [3.8, 4) is 5.75 Å². The van der Waals surface area contributed by atoms with Crippen LogP contribution in [0.25, 0.3) is 10.9 Å². The van der Waals surface area contributed by atoms with Crippen molar-refractivity contribution in [1.82, 2.24) is 9.88 Å². The third kappa shape index (κ3) is 5.54. The second kappa shape index (κ2) is 9.82. The number of aliphatic hydroxyl groups is 1. The summed E-state index contributed by atoms with van der Waals surface area (Å²) >= 11 is 0. The van der Waals surface area contributed by atoms with E-state index in [1.807, 2.05) is 24.3 Å². The van der Waals surface area contributed by atoms with Gasteiger partial charge in [-0.2, -0.15) is 8.42 Å². The Kier molecular flexibility index (Phi) is 7.92. The number of pyridine rings is 1. The molecule has 2 bridgehead atoms. The number of benzene rings is 1. The highest BCUT2D eigenvalue weighted by molar-refractivity contribution is 7.79. The van der Waals surface area contributed by atoms with Crippen LogP contribution < -0.4 is 4.74 Å². The average Bonchev–Trinajstić information content (AvgIpc) is 2.71. The van der Waals surface area contributed by atoms with Crippen LogP contribution in [0.2, 0.25) is 0 Å². The van der Waals surface area contributed by atoms with Crippen LogP contribution in [0.1, 0.15) is 24.5 Å².